The minimum atomic E-state index is -0.633. The number of nitrogens with two attached hydrogens (primary N) is 1. The normalized spacial score (nSPS) is 10.1. The Morgan fingerprint density at radius 2 is 2.00 bits per heavy atom. The number of thiocarbonyl (C=S) groups is 1. The fourth-order valence-electron chi connectivity index (χ4n) is 2.04. The number of carbonyl (C=O) groups is 1. The van der Waals surface area contributed by atoms with Crippen molar-refractivity contribution in [1.82, 2.24) is 9.78 Å². The highest BCUT2D eigenvalue weighted by atomic mass is 32.1. The molecule has 8 nitrogen and oxygen atoms in total. The fourth-order valence-corrected chi connectivity index (χ4v) is 2.26. The van der Waals surface area contributed by atoms with E-state index in [0.717, 1.165) is 0 Å². The molecule has 0 aliphatic carbocycles. The summed E-state index contributed by atoms with van der Waals surface area (Å²) >= 11 is 5.29. The number of amides is 1. The van der Waals surface area contributed by atoms with Crippen LogP contribution in [0.3, 0.4) is 0 Å². The van der Waals surface area contributed by atoms with Crippen LogP contribution in [0.2, 0.25) is 0 Å². The highest BCUT2D eigenvalue weighted by Crippen LogP contribution is 2.29. The molecular weight excluding hydrogens is 330 g/mol. The van der Waals surface area contributed by atoms with Crippen molar-refractivity contribution >= 4 is 34.6 Å². The predicted octanol–water partition coefficient (Wildman–Crippen LogP) is 1.83. The van der Waals surface area contributed by atoms with Crippen LogP contribution < -0.4 is 25.8 Å². The maximum atomic E-state index is 11.5. The van der Waals surface area contributed by atoms with Gasteiger partial charge in [0, 0.05) is 18.8 Å². The molecule has 2 aromatic rings. The first kappa shape index (κ1) is 17.5. The summed E-state index contributed by atoms with van der Waals surface area (Å²) in [6.07, 6.45) is 1.66. The smallest absolute Gasteiger partial charge is 0.271 e. The summed E-state index contributed by atoms with van der Waals surface area (Å²) in [7, 11) is 3.13. The number of anilines is 2. The van der Waals surface area contributed by atoms with Gasteiger partial charge in [0.05, 0.1) is 25.6 Å². The lowest BCUT2D eigenvalue weighted by molar-refractivity contribution is 0.0995. The third-order valence-corrected chi connectivity index (χ3v) is 3.43. The zero-order chi connectivity index (χ0) is 17.7. The van der Waals surface area contributed by atoms with Gasteiger partial charge in [-0.05, 0) is 31.3 Å². The minimum absolute atomic E-state index is 0.124. The molecule has 0 unspecified atom stereocenters. The van der Waals surface area contributed by atoms with E-state index in [-0.39, 0.29) is 10.8 Å². The van der Waals surface area contributed by atoms with Crippen molar-refractivity contribution in [2.45, 2.75) is 13.5 Å². The summed E-state index contributed by atoms with van der Waals surface area (Å²) in [5.74, 6) is 0.614. The molecule has 1 amide bonds. The van der Waals surface area contributed by atoms with E-state index in [0.29, 0.717) is 29.4 Å². The molecule has 9 heteroatoms. The quantitative estimate of drug-likeness (QED) is 0.684. The van der Waals surface area contributed by atoms with Gasteiger partial charge in [-0.3, -0.25) is 9.48 Å². The lowest BCUT2D eigenvalue weighted by Gasteiger charge is -2.14. The van der Waals surface area contributed by atoms with Crippen LogP contribution in [-0.4, -0.2) is 35.0 Å². The Morgan fingerprint density at radius 3 is 2.58 bits per heavy atom. The molecule has 0 aliphatic rings. The number of ether oxygens (including phenoxy) is 2. The summed E-state index contributed by atoms with van der Waals surface area (Å²) in [5.41, 5.74) is 6.52. The van der Waals surface area contributed by atoms with Crippen molar-refractivity contribution in [3.05, 3.63) is 30.1 Å². The van der Waals surface area contributed by atoms with Crippen LogP contribution in [0.5, 0.6) is 11.5 Å². The van der Waals surface area contributed by atoms with Crippen LogP contribution in [0.25, 0.3) is 0 Å². The van der Waals surface area contributed by atoms with Gasteiger partial charge >= 0.3 is 0 Å². The lowest BCUT2D eigenvalue weighted by atomic mass is 10.2. The number of aryl methyl sites for hydroxylation is 1. The second-order valence-electron chi connectivity index (χ2n) is 4.76. The Bertz CT molecular complexity index is 760. The van der Waals surface area contributed by atoms with Gasteiger partial charge in [0.1, 0.15) is 11.5 Å². The third-order valence-electron chi connectivity index (χ3n) is 3.22. The van der Waals surface area contributed by atoms with Crippen LogP contribution in [0.15, 0.2) is 24.4 Å². The topological polar surface area (TPSA) is 103 Å². The second kappa shape index (κ2) is 7.64. The van der Waals surface area contributed by atoms with Crippen molar-refractivity contribution in [1.29, 1.82) is 0 Å². The molecule has 0 bridgehead atoms. The monoisotopic (exact) mass is 349 g/mol. The third kappa shape index (κ3) is 3.93. The molecule has 0 saturated heterocycles. The number of nitrogens with one attached hydrogen (secondary N) is 2. The van der Waals surface area contributed by atoms with Crippen LogP contribution in [0.4, 0.5) is 11.4 Å². The zero-order valence-electron chi connectivity index (χ0n) is 13.6. The van der Waals surface area contributed by atoms with Crippen molar-refractivity contribution in [2.24, 2.45) is 5.73 Å². The van der Waals surface area contributed by atoms with E-state index >= 15 is 0 Å². The highest BCUT2D eigenvalue weighted by molar-refractivity contribution is 7.80. The van der Waals surface area contributed by atoms with Crippen LogP contribution in [0.1, 0.15) is 17.4 Å². The predicted molar refractivity (Wildman–Crippen MR) is 95.8 cm³/mol. The molecule has 2 rings (SSSR count). The Morgan fingerprint density at radius 1 is 1.29 bits per heavy atom. The minimum Gasteiger partial charge on any atom is -0.497 e. The number of nitrogens with zero attached hydrogens (tertiary/aromatic N) is 2. The lowest BCUT2D eigenvalue weighted by Crippen LogP contribution is -2.22. The average Bonchev–Trinajstić information content (AvgIpc) is 2.97. The standard InChI is InChI=1S/C15H19N5O3S/c1-4-20-8-11(13(19-20)14(16)21)18-15(24)17-10-7-9(22-2)5-6-12(10)23-3/h5-8H,4H2,1-3H3,(H2,16,21)(H2,17,18,24). The SMILES string of the molecule is CCn1cc(NC(=S)Nc2cc(OC)ccc2OC)c(C(N)=O)n1. The summed E-state index contributed by atoms with van der Waals surface area (Å²) in [6.45, 7) is 2.51. The van der Waals surface area contributed by atoms with Gasteiger partial charge in [-0.15, -0.1) is 0 Å². The van der Waals surface area contributed by atoms with Crippen LogP contribution in [-0.2, 0) is 6.54 Å². The van der Waals surface area contributed by atoms with E-state index < -0.39 is 5.91 Å². The number of benzene rings is 1. The van der Waals surface area contributed by atoms with Crippen molar-refractivity contribution in [3.8, 4) is 11.5 Å². The summed E-state index contributed by atoms with van der Waals surface area (Å²) in [5, 5.41) is 10.3. The Hall–Kier alpha value is -2.81. The molecular formula is C15H19N5O3S. The maximum absolute atomic E-state index is 11.5. The first-order chi connectivity index (χ1) is 11.5. The van der Waals surface area contributed by atoms with Crippen LogP contribution >= 0.6 is 12.2 Å². The fraction of sp³-hybridized carbons (Fsp3) is 0.267. The number of hydrogen-bond acceptors (Lipinski definition) is 5. The molecule has 1 aromatic carbocycles. The Labute approximate surface area is 144 Å². The first-order valence-corrected chi connectivity index (χ1v) is 7.56. The number of hydrogen-bond donors (Lipinski definition) is 3. The highest BCUT2D eigenvalue weighted by Gasteiger charge is 2.15. The van der Waals surface area contributed by atoms with Crippen molar-refractivity contribution in [2.75, 3.05) is 24.9 Å². The van der Waals surface area contributed by atoms with Crippen LogP contribution in [0, 0.1) is 0 Å². The second-order valence-corrected chi connectivity index (χ2v) is 5.16. The van der Waals surface area contributed by atoms with Gasteiger partial charge in [0.15, 0.2) is 10.8 Å². The molecule has 0 saturated carbocycles. The van der Waals surface area contributed by atoms with Crippen molar-refractivity contribution in [3.63, 3.8) is 0 Å². The first-order valence-electron chi connectivity index (χ1n) is 7.15. The van der Waals surface area contributed by atoms with E-state index in [1.807, 2.05) is 6.92 Å². The van der Waals surface area contributed by atoms with E-state index in [4.69, 9.17) is 27.4 Å². The maximum Gasteiger partial charge on any atom is 0.271 e. The molecule has 0 atom stereocenters. The molecule has 0 radical (unpaired) electrons. The molecule has 0 spiro atoms. The molecule has 1 aromatic heterocycles. The zero-order valence-corrected chi connectivity index (χ0v) is 14.4. The number of carbonyl (C=O) groups excluding carboxylic acids is 1. The van der Waals surface area contributed by atoms with E-state index in [2.05, 4.69) is 15.7 Å². The Kier molecular flexibility index (Phi) is 5.59. The number of aromatic nitrogens is 2. The molecule has 128 valence electrons. The summed E-state index contributed by atoms with van der Waals surface area (Å²) in [6, 6.07) is 5.28. The van der Waals surface area contributed by atoms with E-state index in [9.17, 15) is 4.79 Å². The van der Waals surface area contributed by atoms with Gasteiger partial charge in [0.25, 0.3) is 5.91 Å². The van der Waals surface area contributed by atoms with Gasteiger partial charge in [-0.1, -0.05) is 0 Å². The number of primary amides is 1. The van der Waals surface area contributed by atoms with Gasteiger partial charge in [-0.2, -0.15) is 5.10 Å². The molecule has 24 heavy (non-hydrogen) atoms. The molecule has 0 aliphatic heterocycles. The molecule has 1 heterocycles. The molecule has 0 fully saturated rings. The number of rotatable bonds is 6. The van der Waals surface area contributed by atoms with E-state index in [1.54, 1.807) is 43.3 Å². The largest absolute Gasteiger partial charge is 0.497 e. The molecule has 4 N–H and O–H groups in total. The Balaban J connectivity index is 2.20. The van der Waals surface area contributed by atoms with Gasteiger partial charge < -0.3 is 25.8 Å². The average molecular weight is 349 g/mol. The van der Waals surface area contributed by atoms with E-state index in [1.165, 1.54) is 0 Å². The summed E-state index contributed by atoms with van der Waals surface area (Å²) < 4.78 is 12.1. The van der Waals surface area contributed by atoms with Gasteiger partial charge in [-0.25, -0.2) is 0 Å². The van der Waals surface area contributed by atoms with Gasteiger partial charge in [0.2, 0.25) is 0 Å². The van der Waals surface area contributed by atoms with Crippen molar-refractivity contribution < 1.29 is 14.3 Å². The number of methoxy groups -OCH3 is 2. The summed E-state index contributed by atoms with van der Waals surface area (Å²) in [4.78, 5) is 11.5.